The first-order valence-corrected chi connectivity index (χ1v) is 7.45. The van der Waals surface area contributed by atoms with E-state index in [9.17, 15) is 9.90 Å². The molecular formula is C18H22N2O2. The van der Waals surface area contributed by atoms with E-state index in [0.717, 1.165) is 24.2 Å². The third-order valence-electron chi connectivity index (χ3n) is 3.42. The van der Waals surface area contributed by atoms with Gasteiger partial charge < -0.3 is 15.7 Å². The zero-order valence-corrected chi connectivity index (χ0v) is 13.0. The highest BCUT2D eigenvalue weighted by molar-refractivity contribution is 5.88. The molecule has 4 heteroatoms. The fourth-order valence-corrected chi connectivity index (χ4v) is 2.26. The van der Waals surface area contributed by atoms with Gasteiger partial charge in [-0.2, -0.15) is 0 Å². The summed E-state index contributed by atoms with van der Waals surface area (Å²) < 4.78 is 0. The van der Waals surface area contributed by atoms with E-state index in [1.807, 2.05) is 36.4 Å². The minimum Gasteiger partial charge on any atom is -0.508 e. The number of rotatable bonds is 6. The minimum absolute atomic E-state index is 0.0667. The number of nitrogens with one attached hydrogen (secondary N) is 2. The number of aryl methyl sites for hydroxylation is 1. The van der Waals surface area contributed by atoms with E-state index in [1.54, 1.807) is 12.1 Å². The van der Waals surface area contributed by atoms with Gasteiger partial charge in [0.15, 0.2) is 0 Å². The first-order chi connectivity index (χ1) is 10.5. The summed E-state index contributed by atoms with van der Waals surface area (Å²) in [5.74, 6) is 0.233. The standard InChI is InChI=1S/C18H22N2O2/c1-13(3-4-15-5-11-18(22)12-6-15)19-16-7-9-17(10-8-16)20-14(2)21/h5-13,19,22H,3-4H2,1-2H3,(H,20,21). The van der Waals surface area contributed by atoms with Crippen LogP contribution in [-0.2, 0) is 11.2 Å². The average Bonchev–Trinajstić information content (AvgIpc) is 2.48. The zero-order chi connectivity index (χ0) is 15.9. The van der Waals surface area contributed by atoms with Crippen molar-refractivity contribution in [3.8, 4) is 5.75 Å². The molecule has 0 aliphatic rings. The average molecular weight is 298 g/mol. The Morgan fingerprint density at radius 1 is 1.05 bits per heavy atom. The van der Waals surface area contributed by atoms with Gasteiger partial charge in [0.25, 0.3) is 0 Å². The molecule has 2 rings (SSSR count). The molecule has 0 bridgehead atoms. The fourth-order valence-electron chi connectivity index (χ4n) is 2.26. The van der Waals surface area contributed by atoms with Crippen LogP contribution < -0.4 is 10.6 Å². The van der Waals surface area contributed by atoms with Gasteiger partial charge in [-0.3, -0.25) is 4.79 Å². The van der Waals surface area contributed by atoms with E-state index in [2.05, 4.69) is 17.6 Å². The van der Waals surface area contributed by atoms with Crippen molar-refractivity contribution in [1.29, 1.82) is 0 Å². The molecule has 0 fully saturated rings. The van der Waals surface area contributed by atoms with Gasteiger partial charge >= 0.3 is 0 Å². The van der Waals surface area contributed by atoms with Crippen LogP contribution in [0.4, 0.5) is 11.4 Å². The molecule has 0 aromatic heterocycles. The monoisotopic (exact) mass is 298 g/mol. The first kappa shape index (κ1) is 15.9. The predicted octanol–water partition coefficient (Wildman–Crippen LogP) is 3.78. The van der Waals surface area contributed by atoms with Gasteiger partial charge in [0, 0.05) is 24.3 Å². The van der Waals surface area contributed by atoms with Gasteiger partial charge in [-0.15, -0.1) is 0 Å². The van der Waals surface area contributed by atoms with E-state index >= 15 is 0 Å². The Morgan fingerprint density at radius 3 is 2.23 bits per heavy atom. The Kier molecular flexibility index (Phi) is 5.42. The lowest BCUT2D eigenvalue weighted by Gasteiger charge is -2.15. The molecule has 0 saturated carbocycles. The number of phenols is 1. The Hall–Kier alpha value is -2.49. The smallest absolute Gasteiger partial charge is 0.221 e. The van der Waals surface area contributed by atoms with Crippen molar-refractivity contribution in [2.75, 3.05) is 10.6 Å². The molecule has 1 atom stereocenters. The minimum atomic E-state index is -0.0667. The number of hydrogen-bond donors (Lipinski definition) is 3. The van der Waals surface area contributed by atoms with Crippen LogP contribution in [0.15, 0.2) is 48.5 Å². The maximum atomic E-state index is 11.0. The third kappa shape index (κ3) is 5.13. The molecule has 4 nitrogen and oxygen atoms in total. The molecule has 116 valence electrons. The van der Waals surface area contributed by atoms with E-state index in [-0.39, 0.29) is 5.91 Å². The van der Waals surface area contributed by atoms with Crippen LogP contribution in [0.25, 0.3) is 0 Å². The molecule has 0 saturated heterocycles. The summed E-state index contributed by atoms with van der Waals surface area (Å²) in [6.45, 7) is 3.64. The number of aromatic hydroxyl groups is 1. The van der Waals surface area contributed by atoms with Crippen molar-refractivity contribution in [2.24, 2.45) is 0 Å². The van der Waals surface area contributed by atoms with Crippen LogP contribution in [0.2, 0.25) is 0 Å². The Labute approximate surface area is 131 Å². The van der Waals surface area contributed by atoms with Crippen molar-refractivity contribution in [3.63, 3.8) is 0 Å². The van der Waals surface area contributed by atoms with Gasteiger partial charge in [-0.1, -0.05) is 12.1 Å². The number of carbonyl (C=O) groups is 1. The lowest BCUT2D eigenvalue weighted by atomic mass is 10.1. The third-order valence-corrected chi connectivity index (χ3v) is 3.42. The highest BCUT2D eigenvalue weighted by Crippen LogP contribution is 2.16. The van der Waals surface area contributed by atoms with Crippen LogP contribution in [0, 0.1) is 0 Å². The molecule has 0 spiro atoms. The summed E-state index contributed by atoms with van der Waals surface area (Å²) in [6, 6.07) is 15.4. The molecular weight excluding hydrogens is 276 g/mol. The van der Waals surface area contributed by atoms with Crippen molar-refractivity contribution >= 4 is 17.3 Å². The maximum Gasteiger partial charge on any atom is 0.221 e. The van der Waals surface area contributed by atoms with Gasteiger partial charge in [0.2, 0.25) is 5.91 Å². The Balaban J connectivity index is 1.82. The van der Waals surface area contributed by atoms with E-state index in [4.69, 9.17) is 0 Å². The Morgan fingerprint density at radius 2 is 1.64 bits per heavy atom. The lowest BCUT2D eigenvalue weighted by molar-refractivity contribution is -0.114. The second-order valence-corrected chi connectivity index (χ2v) is 5.51. The lowest BCUT2D eigenvalue weighted by Crippen LogP contribution is -2.16. The molecule has 0 radical (unpaired) electrons. The fraction of sp³-hybridized carbons (Fsp3) is 0.278. The molecule has 0 aliphatic carbocycles. The number of phenolic OH excluding ortho intramolecular Hbond substituents is 1. The summed E-state index contributed by atoms with van der Waals surface area (Å²) >= 11 is 0. The topological polar surface area (TPSA) is 61.4 Å². The SMILES string of the molecule is CC(=O)Nc1ccc(NC(C)CCc2ccc(O)cc2)cc1. The van der Waals surface area contributed by atoms with Crippen molar-refractivity contribution in [2.45, 2.75) is 32.7 Å². The van der Waals surface area contributed by atoms with Crippen molar-refractivity contribution in [1.82, 2.24) is 0 Å². The van der Waals surface area contributed by atoms with E-state index in [0.29, 0.717) is 11.8 Å². The second kappa shape index (κ2) is 7.50. The highest BCUT2D eigenvalue weighted by Gasteiger charge is 2.04. The highest BCUT2D eigenvalue weighted by atomic mass is 16.3. The van der Waals surface area contributed by atoms with E-state index < -0.39 is 0 Å². The van der Waals surface area contributed by atoms with Crippen LogP contribution in [0.1, 0.15) is 25.8 Å². The molecule has 2 aromatic carbocycles. The van der Waals surface area contributed by atoms with Crippen molar-refractivity contribution < 1.29 is 9.90 Å². The number of hydrogen-bond acceptors (Lipinski definition) is 3. The van der Waals surface area contributed by atoms with E-state index in [1.165, 1.54) is 12.5 Å². The van der Waals surface area contributed by atoms with Gasteiger partial charge in [0.1, 0.15) is 5.75 Å². The zero-order valence-electron chi connectivity index (χ0n) is 13.0. The largest absolute Gasteiger partial charge is 0.508 e. The summed E-state index contributed by atoms with van der Waals surface area (Å²) in [7, 11) is 0. The maximum absolute atomic E-state index is 11.0. The first-order valence-electron chi connectivity index (χ1n) is 7.45. The van der Waals surface area contributed by atoms with Crippen LogP contribution >= 0.6 is 0 Å². The summed E-state index contributed by atoms with van der Waals surface area (Å²) in [5, 5.41) is 15.5. The molecule has 3 N–H and O–H groups in total. The Bertz CT molecular complexity index is 606. The quantitative estimate of drug-likeness (QED) is 0.760. The predicted molar refractivity (Wildman–Crippen MR) is 90.3 cm³/mol. The normalized spacial score (nSPS) is 11.7. The number of carbonyl (C=O) groups excluding carboxylic acids is 1. The van der Waals surface area contributed by atoms with Gasteiger partial charge in [-0.25, -0.2) is 0 Å². The molecule has 0 aliphatic heterocycles. The molecule has 1 amide bonds. The molecule has 2 aromatic rings. The van der Waals surface area contributed by atoms with Gasteiger partial charge in [-0.05, 0) is 61.7 Å². The summed E-state index contributed by atoms with van der Waals surface area (Å²) in [6.07, 6.45) is 1.96. The van der Waals surface area contributed by atoms with Crippen LogP contribution in [0.3, 0.4) is 0 Å². The summed E-state index contributed by atoms with van der Waals surface area (Å²) in [4.78, 5) is 11.0. The van der Waals surface area contributed by atoms with Crippen LogP contribution in [-0.4, -0.2) is 17.1 Å². The number of anilines is 2. The second-order valence-electron chi connectivity index (χ2n) is 5.51. The van der Waals surface area contributed by atoms with Gasteiger partial charge in [0.05, 0.1) is 0 Å². The van der Waals surface area contributed by atoms with Crippen LogP contribution in [0.5, 0.6) is 5.75 Å². The van der Waals surface area contributed by atoms with Crippen molar-refractivity contribution in [3.05, 3.63) is 54.1 Å². The summed E-state index contributed by atoms with van der Waals surface area (Å²) in [5.41, 5.74) is 3.05. The molecule has 1 unspecified atom stereocenters. The number of amides is 1. The number of benzene rings is 2. The molecule has 22 heavy (non-hydrogen) atoms. The molecule has 0 heterocycles.